The first kappa shape index (κ1) is 14.3. The molecule has 0 saturated heterocycles. The Morgan fingerprint density at radius 2 is 2.05 bits per heavy atom. The highest BCUT2D eigenvalue weighted by Crippen LogP contribution is 1.99. The highest BCUT2D eigenvalue weighted by molar-refractivity contribution is 5.75. The van der Waals surface area contributed by atoms with Crippen LogP contribution in [-0.2, 0) is 24.4 Å². The number of benzene rings is 1. The third-order valence-corrected chi connectivity index (χ3v) is 2.98. The molecular weight excluding hydrogens is 252 g/mol. The lowest BCUT2D eigenvalue weighted by atomic mass is 10.2. The fourth-order valence-corrected chi connectivity index (χ4v) is 1.90. The van der Waals surface area contributed by atoms with Crippen LogP contribution in [-0.4, -0.2) is 22.0 Å². The molecule has 20 heavy (non-hydrogen) atoms. The van der Waals surface area contributed by atoms with Gasteiger partial charge in [-0.2, -0.15) is 0 Å². The average molecular weight is 272 g/mol. The number of amides is 1. The van der Waals surface area contributed by atoms with E-state index in [4.69, 9.17) is 0 Å². The van der Waals surface area contributed by atoms with Crippen molar-refractivity contribution in [3.63, 3.8) is 0 Å². The first-order valence-electron chi connectivity index (χ1n) is 6.81. The van der Waals surface area contributed by atoms with Crippen molar-refractivity contribution in [1.29, 1.82) is 0 Å². The van der Waals surface area contributed by atoms with E-state index >= 15 is 0 Å². The molecule has 0 unspecified atom stereocenters. The molecule has 1 aromatic carbocycles. The maximum Gasteiger partial charge on any atom is 0.240 e. The van der Waals surface area contributed by atoms with Crippen molar-refractivity contribution >= 4 is 5.91 Å². The molecule has 106 valence electrons. The van der Waals surface area contributed by atoms with Gasteiger partial charge in [0.25, 0.3) is 0 Å². The summed E-state index contributed by atoms with van der Waals surface area (Å²) in [5.74, 6) is 0.867. The van der Waals surface area contributed by atoms with Crippen LogP contribution in [0.25, 0.3) is 0 Å². The largest absolute Gasteiger partial charge is 0.350 e. The number of hydrogen-bond donors (Lipinski definition) is 2. The van der Waals surface area contributed by atoms with E-state index in [1.807, 2.05) is 48.0 Å². The van der Waals surface area contributed by atoms with E-state index < -0.39 is 0 Å². The van der Waals surface area contributed by atoms with Crippen molar-refractivity contribution in [2.45, 2.75) is 26.6 Å². The summed E-state index contributed by atoms with van der Waals surface area (Å²) >= 11 is 0. The molecule has 5 nitrogen and oxygen atoms in total. The second-order valence-electron chi connectivity index (χ2n) is 4.51. The number of carbonyl (C=O) groups is 1. The molecule has 0 bridgehead atoms. The zero-order chi connectivity index (χ0) is 14.2. The molecule has 0 radical (unpaired) electrons. The van der Waals surface area contributed by atoms with Gasteiger partial charge in [-0.3, -0.25) is 4.79 Å². The lowest BCUT2D eigenvalue weighted by Crippen LogP contribution is -2.28. The molecule has 2 rings (SSSR count). The van der Waals surface area contributed by atoms with Gasteiger partial charge >= 0.3 is 0 Å². The van der Waals surface area contributed by atoms with Gasteiger partial charge in [0, 0.05) is 18.9 Å². The molecule has 1 heterocycles. The SMILES string of the molecule is CCNCc1nccn1CC(=O)NCc1ccccc1. The van der Waals surface area contributed by atoms with Crippen molar-refractivity contribution in [3.8, 4) is 0 Å². The minimum absolute atomic E-state index is 0.00963. The molecule has 0 atom stereocenters. The summed E-state index contributed by atoms with van der Waals surface area (Å²) in [6, 6.07) is 9.88. The van der Waals surface area contributed by atoms with Crippen molar-refractivity contribution in [1.82, 2.24) is 20.2 Å². The van der Waals surface area contributed by atoms with Crippen LogP contribution in [0.3, 0.4) is 0 Å². The van der Waals surface area contributed by atoms with Gasteiger partial charge in [-0.25, -0.2) is 4.98 Å². The van der Waals surface area contributed by atoms with E-state index in [2.05, 4.69) is 15.6 Å². The number of hydrogen-bond acceptors (Lipinski definition) is 3. The van der Waals surface area contributed by atoms with Crippen LogP contribution >= 0.6 is 0 Å². The summed E-state index contributed by atoms with van der Waals surface area (Å²) in [7, 11) is 0. The van der Waals surface area contributed by atoms with E-state index in [1.165, 1.54) is 0 Å². The molecule has 2 N–H and O–H groups in total. The Balaban J connectivity index is 1.84. The molecule has 1 amide bonds. The number of nitrogens with one attached hydrogen (secondary N) is 2. The number of carbonyl (C=O) groups excluding carboxylic acids is 1. The van der Waals surface area contributed by atoms with E-state index in [1.54, 1.807) is 6.20 Å². The van der Waals surface area contributed by atoms with Crippen LogP contribution in [0.5, 0.6) is 0 Å². The smallest absolute Gasteiger partial charge is 0.240 e. The molecule has 0 aliphatic carbocycles. The Bertz CT molecular complexity index is 536. The van der Waals surface area contributed by atoms with Crippen LogP contribution in [0.4, 0.5) is 0 Å². The Kier molecular flexibility index (Phi) is 5.32. The third-order valence-electron chi connectivity index (χ3n) is 2.98. The first-order chi connectivity index (χ1) is 9.79. The van der Waals surface area contributed by atoms with Crippen molar-refractivity contribution in [2.24, 2.45) is 0 Å². The lowest BCUT2D eigenvalue weighted by Gasteiger charge is -2.09. The molecular formula is C15H20N4O. The normalized spacial score (nSPS) is 10.4. The van der Waals surface area contributed by atoms with Crippen molar-refractivity contribution in [2.75, 3.05) is 6.54 Å². The Morgan fingerprint density at radius 1 is 1.25 bits per heavy atom. The van der Waals surface area contributed by atoms with Crippen molar-refractivity contribution < 1.29 is 4.79 Å². The highest BCUT2D eigenvalue weighted by Gasteiger charge is 2.07. The number of imidazole rings is 1. The van der Waals surface area contributed by atoms with E-state index in [0.29, 0.717) is 19.6 Å². The zero-order valence-electron chi connectivity index (χ0n) is 11.7. The first-order valence-corrected chi connectivity index (χ1v) is 6.81. The van der Waals surface area contributed by atoms with Crippen LogP contribution in [0.2, 0.25) is 0 Å². The van der Waals surface area contributed by atoms with Gasteiger partial charge in [0.1, 0.15) is 12.4 Å². The van der Waals surface area contributed by atoms with Gasteiger partial charge in [0.2, 0.25) is 5.91 Å². The molecule has 0 fully saturated rings. The quantitative estimate of drug-likeness (QED) is 0.799. The summed E-state index contributed by atoms with van der Waals surface area (Å²) < 4.78 is 1.86. The van der Waals surface area contributed by atoms with Crippen molar-refractivity contribution in [3.05, 3.63) is 54.1 Å². The van der Waals surface area contributed by atoms with E-state index in [0.717, 1.165) is 17.9 Å². The molecule has 1 aromatic heterocycles. The fraction of sp³-hybridized carbons (Fsp3) is 0.333. The maximum absolute atomic E-state index is 11.9. The van der Waals surface area contributed by atoms with Gasteiger partial charge < -0.3 is 15.2 Å². The average Bonchev–Trinajstić information content (AvgIpc) is 2.91. The summed E-state index contributed by atoms with van der Waals surface area (Å²) in [4.78, 5) is 16.2. The number of rotatable bonds is 7. The summed E-state index contributed by atoms with van der Waals surface area (Å²) in [6.45, 7) is 4.45. The minimum atomic E-state index is -0.00963. The van der Waals surface area contributed by atoms with Gasteiger partial charge in [0.05, 0.1) is 6.54 Å². The highest BCUT2D eigenvalue weighted by atomic mass is 16.1. The molecule has 5 heteroatoms. The number of aromatic nitrogens is 2. The maximum atomic E-state index is 11.9. The minimum Gasteiger partial charge on any atom is -0.350 e. The van der Waals surface area contributed by atoms with Crippen LogP contribution < -0.4 is 10.6 Å². The second-order valence-corrected chi connectivity index (χ2v) is 4.51. The summed E-state index contributed by atoms with van der Waals surface area (Å²) in [6.07, 6.45) is 3.55. The molecule has 0 aliphatic heterocycles. The van der Waals surface area contributed by atoms with E-state index in [-0.39, 0.29) is 5.91 Å². The number of nitrogens with zero attached hydrogens (tertiary/aromatic N) is 2. The van der Waals surface area contributed by atoms with Gasteiger partial charge in [-0.05, 0) is 12.1 Å². The summed E-state index contributed by atoms with van der Waals surface area (Å²) in [5, 5.41) is 6.12. The standard InChI is InChI=1S/C15H20N4O/c1-2-16-11-14-17-8-9-19(14)12-15(20)18-10-13-6-4-3-5-7-13/h3-9,16H,2,10-12H2,1H3,(H,18,20). The topological polar surface area (TPSA) is 59.0 Å². The monoisotopic (exact) mass is 272 g/mol. The fourth-order valence-electron chi connectivity index (χ4n) is 1.90. The van der Waals surface area contributed by atoms with Gasteiger partial charge in [-0.1, -0.05) is 37.3 Å². The second kappa shape index (κ2) is 7.45. The van der Waals surface area contributed by atoms with Crippen LogP contribution in [0.15, 0.2) is 42.7 Å². The summed E-state index contributed by atoms with van der Waals surface area (Å²) in [5.41, 5.74) is 1.10. The predicted molar refractivity (Wildman–Crippen MR) is 77.9 cm³/mol. The van der Waals surface area contributed by atoms with Crippen LogP contribution in [0, 0.1) is 0 Å². The Hall–Kier alpha value is -2.14. The molecule has 0 aliphatic rings. The third kappa shape index (κ3) is 4.20. The predicted octanol–water partition coefficient (Wildman–Crippen LogP) is 1.31. The molecule has 2 aromatic rings. The molecule has 0 spiro atoms. The molecule has 0 saturated carbocycles. The van der Waals surface area contributed by atoms with Gasteiger partial charge in [-0.15, -0.1) is 0 Å². The Labute approximate surface area is 119 Å². The van der Waals surface area contributed by atoms with E-state index in [9.17, 15) is 4.79 Å². The van der Waals surface area contributed by atoms with Crippen LogP contribution in [0.1, 0.15) is 18.3 Å². The Morgan fingerprint density at radius 3 is 2.80 bits per heavy atom. The zero-order valence-corrected chi connectivity index (χ0v) is 11.7. The van der Waals surface area contributed by atoms with Gasteiger partial charge in [0.15, 0.2) is 0 Å². The lowest BCUT2D eigenvalue weighted by molar-refractivity contribution is -0.121.